The number of aromatic nitrogens is 3. The van der Waals surface area contributed by atoms with E-state index in [4.69, 9.17) is 9.47 Å². The molecule has 9 nitrogen and oxygen atoms in total. The molecule has 3 aromatic rings. The standard InChI is InChI=1S/C25H28F2N4O5S/c1-14(2)10-31-17(13-36-7-6-35-3)11-30-12-18(22(32)23(33)21(30)25(31)34)24-29-28-20(37-24)8-15-4-5-16(26)9-19(15)27/h4-5,9,12,14,17,33H,6-8,10-11,13H2,1-3H3/t17-/m1/s1. The van der Waals surface area contributed by atoms with Crippen molar-refractivity contribution < 1.29 is 28.2 Å². The average Bonchev–Trinajstić information content (AvgIpc) is 3.31. The Bertz CT molecular complexity index is 1340. The first-order chi connectivity index (χ1) is 17.7. The van der Waals surface area contributed by atoms with Crippen molar-refractivity contribution in [3.8, 4) is 16.3 Å². The van der Waals surface area contributed by atoms with Gasteiger partial charge >= 0.3 is 0 Å². The molecule has 1 amide bonds. The van der Waals surface area contributed by atoms with Crippen LogP contribution in [0.4, 0.5) is 8.78 Å². The van der Waals surface area contributed by atoms with E-state index in [0.29, 0.717) is 31.3 Å². The van der Waals surface area contributed by atoms with Crippen molar-refractivity contribution in [2.24, 2.45) is 5.92 Å². The van der Waals surface area contributed by atoms with Gasteiger partial charge in [0.1, 0.15) is 16.6 Å². The first-order valence-corrected chi connectivity index (χ1v) is 12.6. The van der Waals surface area contributed by atoms with Crippen LogP contribution in [0.25, 0.3) is 10.6 Å². The van der Waals surface area contributed by atoms with Crippen LogP contribution >= 0.6 is 11.3 Å². The van der Waals surface area contributed by atoms with Crippen molar-refractivity contribution >= 4 is 17.2 Å². The van der Waals surface area contributed by atoms with E-state index >= 15 is 0 Å². The lowest BCUT2D eigenvalue weighted by Gasteiger charge is -2.38. The summed E-state index contributed by atoms with van der Waals surface area (Å²) < 4.78 is 39.5. The van der Waals surface area contributed by atoms with E-state index in [1.807, 2.05) is 13.8 Å². The number of amides is 1. The SMILES string of the molecule is COCCOC[C@H]1Cn2cc(-c3nnc(Cc4ccc(F)cc4F)s3)c(=O)c(O)c2C(=O)N1CC(C)C. The molecule has 1 atom stereocenters. The number of fused-ring (bicyclic) bond motifs is 1. The average molecular weight is 535 g/mol. The van der Waals surface area contributed by atoms with Gasteiger partial charge in [-0.15, -0.1) is 10.2 Å². The van der Waals surface area contributed by atoms with Crippen LogP contribution in [-0.2, 0) is 22.4 Å². The Kier molecular flexibility index (Phi) is 8.30. The predicted octanol–water partition coefficient (Wildman–Crippen LogP) is 3.08. The summed E-state index contributed by atoms with van der Waals surface area (Å²) in [5.41, 5.74) is -0.509. The second-order valence-corrected chi connectivity index (χ2v) is 10.3. The molecule has 0 fully saturated rings. The van der Waals surface area contributed by atoms with Crippen LogP contribution in [0, 0.1) is 17.6 Å². The number of pyridine rings is 1. The van der Waals surface area contributed by atoms with Gasteiger partial charge in [0, 0.05) is 38.9 Å². The number of nitrogens with zero attached hydrogens (tertiary/aromatic N) is 4. The summed E-state index contributed by atoms with van der Waals surface area (Å²) in [6.07, 6.45) is 1.55. The zero-order valence-electron chi connectivity index (χ0n) is 20.7. The second kappa shape index (κ2) is 11.4. The number of benzene rings is 1. The zero-order chi connectivity index (χ0) is 26.7. The highest BCUT2D eigenvalue weighted by Gasteiger charge is 2.36. The van der Waals surface area contributed by atoms with E-state index in [1.54, 1.807) is 16.6 Å². The minimum atomic E-state index is -0.741. The second-order valence-electron chi connectivity index (χ2n) is 9.21. The number of carbonyl (C=O) groups is 1. The third-order valence-electron chi connectivity index (χ3n) is 5.93. The van der Waals surface area contributed by atoms with Crippen LogP contribution < -0.4 is 5.43 Å². The Morgan fingerprint density at radius 3 is 2.70 bits per heavy atom. The van der Waals surface area contributed by atoms with Gasteiger partial charge in [0.05, 0.1) is 31.4 Å². The quantitative estimate of drug-likeness (QED) is 0.399. The highest BCUT2D eigenvalue weighted by molar-refractivity contribution is 7.14. The number of aromatic hydroxyl groups is 1. The third-order valence-corrected chi connectivity index (χ3v) is 6.88. The Balaban J connectivity index is 1.65. The van der Waals surface area contributed by atoms with Crippen LogP contribution in [-0.4, -0.2) is 70.2 Å². The lowest BCUT2D eigenvalue weighted by molar-refractivity contribution is 0.0133. The van der Waals surface area contributed by atoms with Crippen molar-refractivity contribution in [2.75, 3.05) is 33.5 Å². The normalized spacial score (nSPS) is 15.5. The summed E-state index contributed by atoms with van der Waals surface area (Å²) in [6, 6.07) is 2.96. The topological polar surface area (TPSA) is 107 Å². The third kappa shape index (κ3) is 5.86. The van der Waals surface area contributed by atoms with E-state index in [9.17, 15) is 23.5 Å². The number of hydrogen-bond donors (Lipinski definition) is 1. The number of halogens is 2. The molecule has 0 aliphatic carbocycles. The van der Waals surface area contributed by atoms with Crippen molar-refractivity contribution in [1.29, 1.82) is 0 Å². The highest BCUT2D eigenvalue weighted by atomic mass is 32.1. The number of rotatable bonds is 10. The summed E-state index contributed by atoms with van der Waals surface area (Å²) in [6.45, 7) is 5.74. The molecule has 1 N–H and O–H groups in total. The van der Waals surface area contributed by atoms with Gasteiger partial charge in [-0.05, 0) is 17.5 Å². The van der Waals surface area contributed by atoms with Crippen molar-refractivity contribution in [3.63, 3.8) is 0 Å². The molecule has 12 heteroatoms. The molecule has 0 spiro atoms. The Hall–Kier alpha value is -3.22. The van der Waals surface area contributed by atoms with Gasteiger partial charge in [0.2, 0.25) is 5.43 Å². The molecule has 4 rings (SSSR count). The summed E-state index contributed by atoms with van der Waals surface area (Å²) in [5.74, 6) is -2.33. The molecule has 3 heterocycles. The van der Waals surface area contributed by atoms with E-state index in [0.717, 1.165) is 23.5 Å². The minimum Gasteiger partial charge on any atom is -0.503 e. The Morgan fingerprint density at radius 2 is 2.00 bits per heavy atom. The van der Waals surface area contributed by atoms with Gasteiger partial charge in [0.15, 0.2) is 16.5 Å². The molecule has 198 valence electrons. The maximum absolute atomic E-state index is 14.1. The fourth-order valence-corrected chi connectivity index (χ4v) is 5.06. The lowest BCUT2D eigenvalue weighted by Crippen LogP contribution is -2.52. The van der Waals surface area contributed by atoms with Gasteiger partial charge in [-0.25, -0.2) is 8.78 Å². The van der Waals surface area contributed by atoms with Gasteiger partial charge in [-0.1, -0.05) is 31.3 Å². The Labute approximate surface area is 216 Å². The molecule has 0 saturated carbocycles. The molecule has 1 aliphatic heterocycles. The van der Waals surface area contributed by atoms with E-state index in [-0.39, 0.29) is 46.8 Å². The maximum atomic E-state index is 14.1. The summed E-state index contributed by atoms with van der Waals surface area (Å²) in [7, 11) is 1.57. The van der Waals surface area contributed by atoms with Crippen LogP contribution in [0.1, 0.15) is 34.9 Å². The van der Waals surface area contributed by atoms with Crippen LogP contribution in [0.2, 0.25) is 0 Å². The van der Waals surface area contributed by atoms with Crippen LogP contribution in [0.3, 0.4) is 0 Å². The monoisotopic (exact) mass is 534 g/mol. The molecule has 0 saturated heterocycles. The molecule has 37 heavy (non-hydrogen) atoms. The molecule has 1 aromatic carbocycles. The first kappa shape index (κ1) is 26.8. The van der Waals surface area contributed by atoms with Crippen molar-refractivity contribution in [2.45, 2.75) is 32.9 Å². The fourth-order valence-electron chi connectivity index (χ4n) is 4.19. The maximum Gasteiger partial charge on any atom is 0.274 e. The number of carbonyl (C=O) groups excluding carboxylic acids is 1. The van der Waals surface area contributed by atoms with Gasteiger partial charge in [0.25, 0.3) is 5.91 Å². The molecule has 1 aliphatic rings. The summed E-state index contributed by atoms with van der Waals surface area (Å²) in [4.78, 5) is 28.1. The van der Waals surface area contributed by atoms with Gasteiger partial charge in [-0.2, -0.15) is 0 Å². The predicted molar refractivity (Wildman–Crippen MR) is 133 cm³/mol. The summed E-state index contributed by atoms with van der Waals surface area (Å²) in [5, 5.41) is 19.5. The van der Waals surface area contributed by atoms with Crippen molar-refractivity contribution in [3.05, 3.63) is 62.5 Å². The first-order valence-electron chi connectivity index (χ1n) is 11.8. The highest BCUT2D eigenvalue weighted by Crippen LogP contribution is 2.30. The molecular formula is C25H28F2N4O5S. The molecule has 2 aromatic heterocycles. The van der Waals surface area contributed by atoms with Crippen LogP contribution in [0.15, 0.2) is 29.2 Å². The largest absolute Gasteiger partial charge is 0.503 e. The van der Waals surface area contributed by atoms with E-state index < -0.39 is 28.7 Å². The van der Waals surface area contributed by atoms with E-state index in [2.05, 4.69) is 10.2 Å². The summed E-state index contributed by atoms with van der Waals surface area (Å²) >= 11 is 1.06. The minimum absolute atomic E-state index is 0.0611. The van der Waals surface area contributed by atoms with Crippen molar-refractivity contribution in [1.82, 2.24) is 19.7 Å². The Morgan fingerprint density at radius 1 is 1.22 bits per heavy atom. The van der Waals surface area contributed by atoms with Crippen LogP contribution in [0.5, 0.6) is 5.75 Å². The molecule has 0 unspecified atom stereocenters. The molecule has 0 radical (unpaired) electrons. The van der Waals surface area contributed by atoms with Gasteiger partial charge < -0.3 is 24.0 Å². The molecular weight excluding hydrogens is 506 g/mol. The molecule has 0 bridgehead atoms. The number of methoxy groups -OCH3 is 1. The number of ether oxygens (including phenoxy) is 2. The zero-order valence-corrected chi connectivity index (χ0v) is 21.6. The van der Waals surface area contributed by atoms with E-state index in [1.165, 1.54) is 12.3 Å². The van der Waals surface area contributed by atoms with Gasteiger partial charge in [-0.3, -0.25) is 9.59 Å². The fraction of sp³-hybridized carbons (Fsp3) is 0.440. The lowest BCUT2D eigenvalue weighted by atomic mass is 10.1. The number of hydrogen-bond acceptors (Lipinski definition) is 8. The smallest absolute Gasteiger partial charge is 0.274 e.